The number of hydrogen-bond donors (Lipinski definition) is 1. The summed E-state index contributed by atoms with van der Waals surface area (Å²) in [5, 5.41) is 8.70. The van der Waals surface area contributed by atoms with Crippen molar-refractivity contribution < 1.29 is 9.84 Å². The number of benzene rings is 1. The van der Waals surface area contributed by atoms with Gasteiger partial charge in [-0.3, -0.25) is 0 Å². The second-order valence-electron chi connectivity index (χ2n) is 6.45. The molecule has 1 N–H and O–H groups in total. The minimum Gasteiger partial charge on any atom is -0.394 e. The number of likely N-dealkylation sites (tertiary alicyclic amines) is 1. The van der Waals surface area contributed by atoms with E-state index in [9.17, 15) is 0 Å². The van der Waals surface area contributed by atoms with Crippen LogP contribution in [0.4, 0.5) is 5.69 Å². The van der Waals surface area contributed by atoms with Crippen molar-refractivity contribution in [1.29, 1.82) is 0 Å². The fraction of sp³-hybridized carbons (Fsp3) is 0.667. The van der Waals surface area contributed by atoms with Crippen LogP contribution < -0.4 is 4.90 Å². The molecule has 0 saturated carbocycles. The highest BCUT2D eigenvalue weighted by Gasteiger charge is 2.24. The highest BCUT2D eigenvalue weighted by atomic mass is 16.5. The van der Waals surface area contributed by atoms with Crippen molar-refractivity contribution in [3.63, 3.8) is 0 Å². The zero-order valence-corrected chi connectivity index (χ0v) is 13.4. The van der Waals surface area contributed by atoms with E-state index in [0.717, 1.165) is 19.1 Å². The predicted molar refractivity (Wildman–Crippen MR) is 89.4 cm³/mol. The Morgan fingerprint density at radius 3 is 2.73 bits per heavy atom. The van der Waals surface area contributed by atoms with Gasteiger partial charge in [0.05, 0.1) is 19.8 Å². The van der Waals surface area contributed by atoms with Crippen LogP contribution in [0.2, 0.25) is 0 Å². The Hall–Kier alpha value is -1.10. The Bertz CT molecular complexity index is 458. The molecular weight excluding hydrogens is 276 g/mol. The van der Waals surface area contributed by atoms with Gasteiger partial charge in [-0.1, -0.05) is 18.2 Å². The quantitative estimate of drug-likeness (QED) is 0.779. The van der Waals surface area contributed by atoms with E-state index in [-0.39, 0.29) is 6.61 Å². The number of rotatable bonds is 7. The first-order valence-electron chi connectivity index (χ1n) is 8.60. The van der Waals surface area contributed by atoms with Gasteiger partial charge in [-0.2, -0.15) is 0 Å². The molecule has 0 aliphatic carbocycles. The van der Waals surface area contributed by atoms with Crippen molar-refractivity contribution in [2.75, 3.05) is 57.4 Å². The van der Waals surface area contributed by atoms with Gasteiger partial charge in [-0.15, -0.1) is 0 Å². The summed E-state index contributed by atoms with van der Waals surface area (Å²) < 4.78 is 5.36. The van der Waals surface area contributed by atoms with Crippen LogP contribution >= 0.6 is 0 Å². The fourth-order valence-corrected chi connectivity index (χ4v) is 3.66. The SMILES string of the molecule is OCCOCCN1CCC(CN2CCc3ccccc32)CC1. The maximum atomic E-state index is 8.70. The molecule has 1 fully saturated rings. The first kappa shape index (κ1) is 15.8. The van der Waals surface area contributed by atoms with E-state index < -0.39 is 0 Å². The van der Waals surface area contributed by atoms with E-state index in [0.29, 0.717) is 6.61 Å². The molecule has 0 radical (unpaired) electrons. The average Bonchev–Trinajstić information content (AvgIpc) is 2.96. The largest absolute Gasteiger partial charge is 0.394 e. The second kappa shape index (κ2) is 7.95. The molecular formula is C18H28N2O2. The highest BCUT2D eigenvalue weighted by Crippen LogP contribution is 2.29. The highest BCUT2D eigenvalue weighted by molar-refractivity contribution is 5.57. The lowest BCUT2D eigenvalue weighted by molar-refractivity contribution is 0.0652. The van der Waals surface area contributed by atoms with Crippen LogP contribution in [0, 0.1) is 5.92 Å². The van der Waals surface area contributed by atoms with Gasteiger partial charge in [-0.25, -0.2) is 0 Å². The molecule has 0 unspecified atom stereocenters. The van der Waals surface area contributed by atoms with Crippen LogP contribution in [0.1, 0.15) is 18.4 Å². The summed E-state index contributed by atoms with van der Waals surface area (Å²) >= 11 is 0. The molecule has 1 aromatic carbocycles. The molecule has 2 heterocycles. The van der Waals surface area contributed by atoms with E-state index in [1.807, 2.05) is 0 Å². The number of piperidine rings is 1. The van der Waals surface area contributed by atoms with Gasteiger partial charge in [0.15, 0.2) is 0 Å². The van der Waals surface area contributed by atoms with E-state index in [4.69, 9.17) is 9.84 Å². The summed E-state index contributed by atoms with van der Waals surface area (Å²) in [5.41, 5.74) is 2.98. The van der Waals surface area contributed by atoms with Crippen molar-refractivity contribution >= 4 is 5.69 Å². The molecule has 0 atom stereocenters. The van der Waals surface area contributed by atoms with E-state index >= 15 is 0 Å². The summed E-state index contributed by atoms with van der Waals surface area (Å²) in [6, 6.07) is 8.85. The Kier molecular flexibility index (Phi) is 5.70. The molecule has 0 aromatic heterocycles. The van der Waals surface area contributed by atoms with E-state index in [2.05, 4.69) is 34.1 Å². The minimum atomic E-state index is 0.124. The van der Waals surface area contributed by atoms with E-state index in [1.54, 1.807) is 0 Å². The lowest BCUT2D eigenvalue weighted by Gasteiger charge is -2.34. The Morgan fingerprint density at radius 2 is 1.91 bits per heavy atom. The van der Waals surface area contributed by atoms with Gasteiger partial charge in [-0.05, 0) is 49.9 Å². The van der Waals surface area contributed by atoms with Crippen molar-refractivity contribution in [3.8, 4) is 0 Å². The molecule has 1 saturated heterocycles. The van der Waals surface area contributed by atoms with Gasteiger partial charge < -0.3 is 19.6 Å². The third-order valence-electron chi connectivity index (χ3n) is 4.96. The molecule has 0 spiro atoms. The molecule has 2 aliphatic heterocycles. The minimum absolute atomic E-state index is 0.124. The first-order chi connectivity index (χ1) is 10.9. The summed E-state index contributed by atoms with van der Waals surface area (Å²) in [6.45, 7) is 7.10. The maximum absolute atomic E-state index is 8.70. The van der Waals surface area contributed by atoms with Crippen molar-refractivity contribution in [3.05, 3.63) is 29.8 Å². The van der Waals surface area contributed by atoms with Crippen LogP contribution in [0.25, 0.3) is 0 Å². The fourth-order valence-electron chi connectivity index (χ4n) is 3.66. The molecule has 0 bridgehead atoms. The van der Waals surface area contributed by atoms with Gasteiger partial charge >= 0.3 is 0 Å². The number of para-hydroxylation sites is 1. The molecule has 4 heteroatoms. The smallest absolute Gasteiger partial charge is 0.0698 e. The third kappa shape index (κ3) is 4.00. The molecule has 0 amide bonds. The Balaban J connectivity index is 1.40. The maximum Gasteiger partial charge on any atom is 0.0698 e. The van der Waals surface area contributed by atoms with Gasteiger partial charge in [0.1, 0.15) is 0 Å². The Morgan fingerprint density at radius 1 is 1.09 bits per heavy atom. The average molecular weight is 304 g/mol. The van der Waals surface area contributed by atoms with E-state index in [1.165, 1.54) is 56.7 Å². The van der Waals surface area contributed by atoms with Crippen LogP contribution in [0.3, 0.4) is 0 Å². The number of nitrogens with zero attached hydrogens (tertiary/aromatic N) is 2. The summed E-state index contributed by atoms with van der Waals surface area (Å²) in [7, 11) is 0. The normalized spacial score (nSPS) is 19.6. The van der Waals surface area contributed by atoms with Gasteiger partial charge in [0.25, 0.3) is 0 Å². The summed E-state index contributed by atoms with van der Waals surface area (Å²) in [5.74, 6) is 0.820. The number of aliphatic hydroxyl groups excluding tert-OH is 1. The molecule has 4 nitrogen and oxygen atoms in total. The topological polar surface area (TPSA) is 35.9 Å². The lowest BCUT2D eigenvalue weighted by Crippen LogP contribution is -2.39. The molecule has 122 valence electrons. The molecule has 2 aliphatic rings. The predicted octanol–water partition coefficient (Wildman–Crippen LogP) is 1.77. The first-order valence-corrected chi connectivity index (χ1v) is 8.60. The number of ether oxygens (including phenoxy) is 1. The zero-order chi connectivity index (χ0) is 15.2. The summed E-state index contributed by atoms with van der Waals surface area (Å²) in [6.07, 6.45) is 3.79. The van der Waals surface area contributed by atoms with Crippen LogP contribution in [0.15, 0.2) is 24.3 Å². The van der Waals surface area contributed by atoms with Crippen LogP contribution in [0.5, 0.6) is 0 Å². The van der Waals surface area contributed by atoms with Crippen molar-refractivity contribution in [2.24, 2.45) is 5.92 Å². The third-order valence-corrected chi connectivity index (χ3v) is 4.96. The number of hydrogen-bond acceptors (Lipinski definition) is 4. The number of fused-ring (bicyclic) bond motifs is 1. The standard InChI is InChI=1S/C18H28N2O2/c21-12-14-22-13-11-19-8-5-16(6-9-19)15-20-10-7-17-3-1-2-4-18(17)20/h1-4,16,21H,5-15H2. The Labute approximate surface area is 133 Å². The summed E-state index contributed by atoms with van der Waals surface area (Å²) in [4.78, 5) is 5.08. The number of anilines is 1. The number of aliphatic hydroxyl groups is 1. The molecule has 22 heavy (non-hydrogen) atoms. The van der Waals surface area contributed by atoms with Gasteiger partial charge in [0.2, 0.25) is 0 Å². The zero-order valence-electron chi connectivity index (χ0n) is 13.4. The second-order valence-corrected chi connectivity index (χ2v) is 6.45. The van der Waals surface area contributed by atoms with Crippen LogP contribution in [-0.2, 0) is 11.2 Å². The van der Waals surface area contributed by atoms with Crippen LogP contribution in [-0.4, -0.2) is 62.6 Å². The van der Waals surface area contributed by atoms with Crippen molar-refractivity contribution in [1.82, 2.24) is 4.90 Å². The monoisotopic (exact) mass is 304 g/mol. The van der Waals surface area contributed by atoms with Gasteiger partial charge in [0, 0.05) is 25.3 Å². The lowest BCUT2D eigenvalue weighted by atomic mass is 9.96. The van der Waals surface area contributed by atoms with Crippen molar-refractivity contribution in [2.45, 2.75) is 19.3 Å². The molecule has 1 aromatic rings. The molecule has 3 rings (SSSR count).